The highest BCUT2D eigenvalue weighted by Crippen LogP contribution is 2.40. The molecule has 0 bridgehead atoms. The van der Waals surface area contributed by atoms with Crippen LogP contribution in [0, 0.1) is 5.41 Å². The molecule has 1 amide bonds. The van der Waals surface area contributed by atoms with Gasteiger partial charge in [0.2, 0.25) is 5.91 Å². The number of rotatable bonds is 3. The van der Waals surface area contributed by atoms with Gasteiger partial charge in [0.1, 0.15) is 6.04 Å². The first-order chi connectivity index (χ1) is 9.65. The molecule has 1 aromatic rings. The summed E-state index contributed by atoms with van der Waals surface area (Å²) in [5.41, 5.74) is 2.53. The van der Waals surface area contributed by atoms with Crippen molar-refractivity contribution in [2.45, 2.75) is 39.4 Å². The van der Waals surface area contributed by atoms with Crippen molar-refractivity contribution in [2.24, 2.45) is 5.41 Å². The fourth-order valence-electron chi connectivity index (χ4n) is 2.50. The fourth-order valence-corrected chi connectivity index (χ4v) is 2.50. The maximum atomic E-state index is 13.5. The first-order valence-electron chi connectivity index (χ1n) is 6.88. The summed E-state index contributed by atoms with van der Waals surface area (Å²) < 4.78 is 40.4. The second kappa shape index (κ2) is 5.33. The summed E-state index contributed by atoms with van der Waals surface area (Å²) in [7, 11) is 0. The van der Waals surface area contributed by atoms with Crippen LogP contribution in [0.15, 0.2) is 24.3 Å². The quantitative estimate of drug-likeness (QED) is 0.929. The van der Waals surface area contributed by atoms with E-state index in [1.165, 1.54) is 6.07 Å². The van der Waals surface area contributed by atoms with Crippen LogP contribution in [0.4, 0.5) is 13.2 Å². The summed E-state index contributed by atoms with van der Waals surface area (Å²) >= 11 is 0. The third-order valence-electron chi connectivity index (χ3n) is 3.72. The Morgan fingerprint density at radius 1 is 1.38 bits per heavy atom. The molecule has 0 saturated carbocycles. The first-order valence-corrected chi connectivity index (χ1v) is 6.88. The van der Waals surface area contributed by atoms with Crippen LogP contribution in [-0.2, 0) is 11.2 Å². The van der Waals surface area contributed by atoms with E-state index in [0.29, 0.717) is 6.42 Å². The van der Waals surface area contributed by atoms with E-state index in [9.17, 15) is 18.0 Å². The summed E-state index contributed by atoms with van der Waals surface area (Å²) in [5.74, 6) is -0.386. The number of hydrogen-bond donors (Lipinski definition) is 1. The van der Waals surface area contributed by atoms with Crippen LogP contribution in [0.5, 0.6) is 0 Å². The molecular weight excluding hydrogens is 281 g/mol. The normalized spacial score (nSPS) is 20.4. The predicted octanol–water partition coefficient (Wildman–Crippen LogP) is 3.23. The van der Waals surface area contributed by atoms with Crippen molar-refractivity contribution in [2.75, 3.05) is 6.54 Å². The molecule has 21 heavy (non-hydrogen) atoms. The highest BCUT2D eigenvalue weighted by molar-refractivity contribution is 5.83. The van der Waals surface area contributed by atoms with Crippen LogP contribution in [0.2, 0.25) is 0 Å². The van der Waals surface area contributed by atoms with Gasteiger partial charge >= 0.3 is 6.18 Å². The number of carbonyl (C=O) groups is 1. The lowest BCUT2D eigenvalue weighted by Crippen LogP contribution is -2.43. The number of carbonyl (C=O) groups excluding carboxylic acids is 1. The summed E-state index contributed by atoms with van der Waals surface area (Å²) in [6.45, 7) is 5.19. The van der Waals surface area contributed by atoms with Gasteiger partial charge in [0.15, 0.2) is 0 Å². The second-order valence-electron chi connectivity index (χ2n) is 6.00. The van der Waals surface area contributed by atoms with Gasteiger partial charge in [-0.3, -0.25) is 10.2 Å². The smallest absolute Gasteiger partial charge is 0.287 e. The average molecular weight is 300 g/mol. The van der Waals surface area contributed by atoms with Gasteiger partial charge in [-0.15, -0.1) is 0 Å². The highest BCUT2D eigenvalue weighted by Gasteiger charge is 2.51. The Kier molecular flexibility index (Phi) is 4.02. The van der Waals surface area contributed by atoms with Crippen LogP contribution in [0.3, 0.4) is 0 Å². The van der Waals surface area contributed by atoms with Crippen LogP contribution >= 0.6 is 0 Å². The summed E-state index contributed by atoms with van der Waals surface area (Å²) in [6.07, 6.45) is -3.80. The fraction of sp³-hybridized carbons (Fsp3) is 0.533. The molecule has 6 heteroatoms. The molecular formula is C15H19F3N2O. The largest absolute Gasteiger partial charge is 0.409 e. The van der Waals surface area contributed by atoms with E-state index >= 15 is 0 Å². The topological polar surface area (TPSA) is 32.3 Å². The predicted molar refractivity (Wildman–Crippen MR) is 73.2 cm³/mol. The van der Waals surface area contributed by atoms with Crippen molar-refractivity contribution in [3.8, 4) is 0 Å². The third kappa shape index (κ3) is 3.20. The van der Waals surface area contributed by atoms with E-state index in [1.807, 2.05) is 6.92 Å². The molecule has 1 aliphatic heterocycles. The van der Waals surface area contributed by atoms with E-state index < -0.39 is 17.6 Å². The average Bonchev–Trinajstić information content (AvgIpc) is 2.62. The van der Waals surface area contributed by atoms with Crippen LogP contribution in [0.1, 0.15) is 37.9 Å². The Morgan fingerprint density at radius 2 is 2.05 bits per heavy atom. The third-order valence-corrected chi connectivity index (χ3v) is 3.72. The van der Waals surface area contributed by atoms with E-state index in [0.717, 1.165) is 10.6 Å². The van der Waals surface area contributed by atoms with Crippen molar-refractivity contribution in [3.63, 3.8) is 0 Å². The van der Waals surface area contributed by atoms with Gasteiger partial charge in [-0.05, 0) is 31.4 Å². The lowest BCUT2D eigenvalue weighted by Gasteiger charge is -2.30. The zero-order chi connectivity index (χ0) is 15.8. The zero-order valence-electron chi connectivity index (χ0n) is 12.3. The van der Waals surface area contributed by atoms with E-state index in [4.69, 9.17) is 0 Å². The molecule has 0 aliphatic carbocycles. The maximum absolute atomic E-state index is 13.5. The zero-order valence-corrected chi connectivity index (χ0v) is 12.3. The number of amides is 1. The Labute approximate surface area is 122 Å². The maximum Gasteiger partial charge on any atom is 0.409 e. The van der Waals surface area contributed by atoms with Crippen molar-refractivity contribution in [3.05, 3.63) is 35.4 Å². The lowest BCUT2D eigenvalue weighted by molar-refractivity contribution is -0.191. The molecule has 2 rings (SSSR count). The molecule has 1 atom stereocenters. The van der Waals surface area contributed by atoms with Crippen molar-refractivity contribution in [1.82, 2.24) is 10.4 Å². The molecule has 1 aliphatic rings. The van der Waals surface area contributed by atoms with Gasteiger partial charge < -0.3 is 0 Å². The second-order valence-corrected chi connectivity index (χ2v) is 6.00. The Bertz CT molecular complexity index is 540. The Hall–Kier alpha value is -1.56. The molecule has 0 spiro atoms. The van der Waals surface area contributed by atoms with Crippen LogP contribution in [-0.4, -0.2) is 23.6 Å². The van der Waals surface area contributed by atoms with Crippen LogP contribution in [0.25, 0.3) is 0 Å². The monoisotopic (exact) mass is 300 g/mol. The van der Waals surface area contributed by atoms with Crippen molar-refractivity contribution < 1.29 is 18.0 Å². The Balaban J connectivity index is 2.38. The van der Waals surface area contributed by atoms with Gasteiger partial charge in [0.05, 0.1) is 5.41 Å². The summed E-state index contributed by atoms with van der Waals surface area (Å²) in [6, 6.07) is 4.60. The number of hydrazine groups is 1. The van der Waals surface area contributed by atoms with Gasteiger partial charge in [-0.25, -0.2) is 5.01 Å². The SMILES string of the molecule is CCc1cccc([C@H](N2CC(C)(C)C(=O)N2)C(F)(F)F)c1. The van der Waals surface area contributed by atoms with Crippen LogP contribution < -0.4 is 5.43 Å². The molecule has 3 nitrogen and oxygen atoms in total. The van der Waals surface area contributed by atoms with Crippen molar-refractivity contribution in [1.29, 1.82) is 0 Å². The molecule has 1 N–H and O–H groups in total. The molecule has 0 unspecified atom stereocenters. The molecule has 116 valence electrons. The first kappa shape index (κ1) is 15.8. The van der Waals surface area contributed by atoms with E-state index in [-0.39, 0.29) is 18.0 Å². The minimum atomic E-state index is -4.46. The Morgan fingerprint density at radius 3 is 2.52 bits per heavy atom. The molecule has 0 radical (unpaired) electrons. The lowest BCUT2D eigenvalue weighted by atomic mass is 9.93. The number of aryl methyl sites for hydroxylation is 1. The van der Waals surface area contributed by atoms with Gasteiger partial charge in [-0.1, -0.05) is 31.2 Å². The number of hydrogen-bond acceptors (Lipinski definition) is 2. The van der Waals surface area contributed by atoms with Crippen molar-refractivity contribution >= 4 is 5.91 Å². The number of nitrogens with zero attached hydrogens (tertiary/aromatic N) is 1. The summed E-state index contributed by atoms with van der Waals surface area (Å²) in [5, 5.41) is 0.997. The van der Waals surface area contributed by atoms with E-state index in [2.05, 4.69) is 5.43 Å². The molecule has 1 heterocycles. The number of benzene rings is 1. The van der Waals surface area contributed by atoms with Gasteiger partial charge in [0, 0.05) is 6.54 Å². The number of nitrogens with one attached hydrogen (secondary N) is 1. The standard InChI is InChI=1S/C15H19F3N2O/c1-4-10-6-5-7-11(8-10)12(15(16,17)18)20-9-14(2,3)13(21)19-20/h5-8,12H,4,9H2,1-3H3,(H,19,21)/t12-/m0/s1. The van der Waals surface area contributed by atoms with Gasteiger partial charge in [0.25, 0.3) is 0 Å². The molecule has 1 saturated heterocycles. The number of alkyl halides is 3. The molecule has 0 aromatic heterocycles. The molecule has 1 fully saturated rings. The van der Waals surface area contributed by atoms with E-state index in [1.54, 1.807) is 32.0 Å². The number of halogens is 3. The highest BCUT2D eigenvalue weighted by atomic mass is 19.4. The minimum Gasteiger partial charge on any atom is -0.287 e. The summed E-state index contributed by atoms with van der Waals surface area (Å²) in [4.78, 5) is 11.8. The minimum absolute atomic E-state index is 0.0202. The van der Waals surface area contributed by atoms with Gasteiger partial charge in [-0.2, -0.15) is 13.2 Å². The molecule has 1 aromatic carbocycles.